The molecule has 2 aromatic heterocycles. The van der Waals surface area contributed by atoms with Gasteiger partial charge in [0.1, 0.15) is 11.7 Å². The normalized spacial score (nSPS) is 15.5. The van der Waals surface area contributed by atoms with Crippen LogP contribution in [0.25, 0.3) is 76.0 Å². The van der Waals surface area contributed by atoms with Crippen LogP contribution < -0.4 is 10.6 Å². The number of carbonyl (C=O) groups excluding carboxylic acids is 1. The third kappa shape index (κ3) is 2.76. The van der Waals surface area contributed by atoms with E-state index in [1.807, 2.05) is 48.5 Å². The summed E-state index contributed by atoms with van der Waals surface area (Å²) in [4.78, 5) is 54.9. The van der Waals surface area contributed by atoms with Crippen molar-refractivity contribution in [3.8, 4) is 0 Å². The molecule has 2 aliphatic heterocycles. The number of benzene rings is 7. The molecule has 4 heterocycles. The molecule has 0 radical (unpaired) electrons. The Labute approximate surface area is 266 Å². The van der Waals surface area contributed by atoms with Crippen LogP contribution in [0.1, 0.15) is 22.0 Å². The molecular weight excluding hydrogens is 612 g/mol. The number of carbonyl (C=O) groups is 1. The van der Waals surface area contributed by atoms with Crippen molar-refractivity contribution >= 4 is 99.1 Å². The first-order chi connectivity index (χ1) is 23.3. The second-order valence-corrected chi connectivity index (χ2v) is 12.3. The van der Waals surface area contributed by atoms with E-state index < -0.39 is 15.9 Å². The zero-order valence-corrected chi connectivity index (χ0v) is 24.3. The number of Topliss-reactive ketones (excluding diaryl/α,β-unsaturated/α-hetero) is 1. The highest BCUT2D eigenvalue weighted by atomic mass is 16.6. The number of nitro groups is 2. The fraction of sp³-hybridized carbons (Fsp3) is 0.0278. The van der Waals surface area contributed by atoms with Crippen molar-refractivity contribution < 1.29 is 14.6 Å². The molecule has 0 amide bonds. The Morgan fingerprint density at radius 3 is 2.02 bits per heavy atom. The molecule has 0 fully saturated rings. The van der Waals surface area contributed by atoms with Crippen LogP contribution in [0.4, 0.5) is 22.7 Å². The standard InChI is InChI=1S/C36H15N6O6/c43-34-22-7-4-19-17-5-8-23-31-24(36(44)39-27-11-2-16(42(47)48)14-26(27)37-35(23)39)9-6-18(29(17)31)20-10-12-28(32(22)30(19)20)40-33(34)21-3-1-15(41(45)46)13-25(21)38-40/h1-14,33H/q-1. The number of hydrogen-bond donors (Lipinski definition) is 0. The van der Waals surface area contributed by atoms with Gasteiger partial charge in [-0.2, -0.15) is 0 Å². The summed E-state index contributed by atoms with van der Waals surface area (Å²) in [6.45, 7) is 0. The van der Waals surface area contributed by atoms with Gasteiger partial charge in [0.25, 0.3) is 16.9 Å². The first kappa shape index (κ1) is 25.3. The van der Waals surface area contributed by atoms with Gasteiger partial charge < -0.3 is 10.4 Å². The lowest BCUT2D eigenvalue weighted by atomic mass is 9.83. The molecule has 0 saturated carbocycles. The summed E-state index contributed by atoms with van der Waals surface area (Å²) in [5.74, 6) is -0.136. The highest BCUT2D eigenvalue weighted by Crippen LogP contribution is 2.55. The maximum atomic E-state index is 14.1. The van der Waals surface area contributed by atoms with Gasteiger partial charge in [0.15, 0.2) is 5.78 Å². The molecule has 0 aliphatic carbocycles. The summed E-state index contributed by atoms with van der Waals surface area (Å²) in [5.41, 5.74) is 7.85. The van der Waals surface area contributed by atoms with E-state index in [1.165, 1.54) is 28.7 Å². The molecule has 11 rings (SSSR count). The van der Waals surface area contributed by atoms with Gasteiger partial charge in [-0.15, -0.1) is 5.69 Å². The van der Waals surface area contributed by atoms with Crippen LogP contribution in [0, 0.1) is 20.2 Å². The van der Waals surface area contributed by atoms with E-state index >= 15 is 0 Å². The molecule has 0 bridgehead atoms. The number of imidazole rings is 1. The predicted molar refractivity (Wildman–Crippen MR) is 181 cm³/mol. The van der Waals surface area contributed by atoms with Crippen LogP contribution in [0.5, 0.6) is 0 Å². The van der Waals surface area contributed by atoms with Gasteiger partial charge in [-0.25, -0.2) is 4.98 Å². The van der Waals surface area contributed by atoms with Gasteiger partial charge in [0, 0.05) is 62.4 Å². The zero-order valence-electron chi connectivity index (χ0n) is 24.3. The van der Waals surface area contributed by atoms with Gasteiger partial charge in [0.05, 0.1) is 20.9 Å². The van der Waals surface area contributed by atoms with Crippen molar-refractivity contribution in [3.63, 3.8) is 0 Å². The summed E-state index contributed by atoms with van der Waals surface area (Å²) in [6, 6.07) is 23.4. The molecule has 226 valence electrons. The number of hydrogen-bond acceptors (Lipinski definition) is 8. The quantitative estimate of drug-likeness (QED) is 0.0808. The first-order valence-corrected chi connectivity index (χ1v) is 15.1. The van der Waals surface area contributed by atoms with Crippen LogP contribution >= 0.6 is 0 Å². The minimum absolute atomic E-state index is 0.0912. The molecule has 1 unspecified atom stereocenters. The Morgan fingerprint density at radius 2 is 1.27 bits per heavy atom. The summed E-state index contributed by atoms with van der Waals surface area (Å²) in [6.07, 6.45) is 0. The fourth-order valence-electron chi connectivity index (χ4n) is 8.18. The number of nitrogens with zero attached hydrogens (tertiary/aromatic N) is 6. The third-order valence-corrected chi connectivity index (χ3v) is 10.1. The Hall–Kier alpha value is -6.95. The van der Waals surface area contributed by atoms with Crippen LogP contribution in [-0.2, 0) is 0 Å². The summed E-state index contributed by atoms with van der Waals surface area (Å²) in [7, 11) is 0. The van der Waals surface area contributed by atoms with Gasteiger partial charge in [0.2, 0.25) is 0 Å². The first-order valence-electron chi connectivity index (χ1n) is 15.1. The average molecular weight is 628 g/mol. The van der Waals surface area contributed by atoms with E-state index in [9.17, 15) is 29.8 Å². The molecule has 0 saturated heterocycles. The number of rotatable bonds is 2. The lowest BCUT2D eigenvalue weighted by molar-refractivity contribution is -0.384. The molecule has 9 aromatic rings. The van der Waals surface area contributed by atoms with Gasteiger partial charge in [-0.1, -0.05) is 30.3 Å². The van der Waals surface area contributed by atoms with Crippen LogP contribution in [0.3, 0.4) is 0 Å². The van der Waals surface area contributed by atoms with Crippen LogP contribution in [0.15, 0.2) is 89.7 Å². The minimum Gasteiger partial charge on any atom is -0.593 e. The van der Waals surface area contributed by atoms with E-state index in [-0.39, 0.29) is 22.7 Å². The highest BCUT2D eigenvalue weighted by molar-refractivity contribution is 6.40. The third-order valence-electron chi connectivity index (χ3n) is 10.1. The van der Waals surface area contributed by atoms with E-state index in [2.05, 4.69) is 0 Å². The number of fused-ring (bicyclic) bond motifs is 10. The van der Waals surface area contributed by atoms with Gasteiger partial charge in [-0.05, 0) is 62.8 Å². The predicted octanol–water partition coefficient (Wildman–Crippen LogP) is 7.98. The van der Waals surface area contributed by atoms with E-state index in [0.29, 0.717) is 38.9 Å². The highest BCUT2D eigenvalue weighted by Gasteiger charge is 2.37. The maximum absolute atomic E-state index is 14.1. The number of nitro benzene ring substituents is 2. The van der Waals surface area contributed by atoms with Crippen molar-refractivity contribution in [2.24, 2.45) is 0 Å². The Bertz CT molecular complexity index is 3100. The average Bonchev–Trinajstić information content (AvgIpc) is 3.67. The summed E-state index contributed by atoms with van der Waals surface area (Å²) in [5, 5.41) is 32.8. The zero-order chi connectivity index (χ0) is 32.3. The molecule has 48 heavy (non-hydrogen) atoms. The Balaban J connectivity index is 1.22. The summed E-state index contributed by atoms with van der Waals surface area (Å²) >= 11 is 0. The fourth-order valence-corrected chi connectivity index (χ4v) is 8.18. The van der Waals surface area contributed by atoms with E-state index in [4.69, 9.17) is 10.4 Å². The smallest absolute Gasteiger partial charge is 0.271 e. The van der Waals surface area contributed by atoms with Crippen molar-refractivity contribution in [2.75, 3.05) is 5.01 Å². The molecular formula is C36H15N6O6-. The van der Waals surface area contributed by atoms with Gasteiger partial charge >= 0.3 is 0 Å². The second kappa shape index (κ2) is 8.06. The molecule has 12 heteroatoms. The summed E-state index contributed by atoms with van der Waals surface area (Å²) < 4.78 is 1.52. The lowest BCUT2D eigenvalue weighted by Crippen LogP contribution is -2.30. The minimum atomic E-state index is -0.721. The number of pyridine rings is 1. The number of aromatic nitrogens is 2. The molecule has 0 N–H and O–H groups in total. The monoisotopic (exact) mass is 627 g/mol. The molecule has 1 atom stereocenters. The van der Waals surface area contributed by atoms with Crippen LogP contribution in [-0.4, -0.2) is 25.0 Å². The van der Waals surface area contributed by atoms with E-state index in [1.54, 1.807) is 17.1 Å². The molecule has 7 aromatic carbocycles. The lowest BCUT2D eigenvalue weighted by Gasteiger charge is -2.42. The molecule has 12 nitrogen and oxygen atoms in total. The number of anilines is 1. The molecule has 2 aliphatic rings. The second-order valence-electron chi connectivity index (χ2n) is 12.3. The Kier molecular flexibility index (Phi) is 4.24. The van der Waals surface area contributed by atoms with Crippen molar-refractivity contribution in [1.82, 2.24) is 9.38 Å². The topological polar surface area (TPSA) is 155 Å². The van der Waals surface area contributed by atoms with Crippen molar-refractivity contribution in [1.29, 1.82) is 0 Å². The SMILES string of the molecule is O=C1c2ccc3c4ccc5c6c(ccc(c7ccc(c2c73)N2[N-]c3cc([N+](=O)[O-])ccc3C12)c46)c(=O)n1c2ccc([N+](=O)[O-])cc2nc51. The largest absolute Gasteiger partial charge is 0.593 e. The van der Waals surface area contributed by atoms with Gasteiger partial charge in [-0.3, -0.25) is 34.2 Å². The van der Waals surface area contributed by atoms with Crippen LogP contribution in [0.2, 0.25) is 0 Å². The maximum Gasteiger partial charge on any atom is 0.271 e. The number of ketones is 1. The van der Waals surface area contributed by atoms with E-state index in [0.717, 1.165) is 54.2 Å². The van der Waals surface area contributed by atoms with Crippen molar-refractivity contribution in [3.05, 3.63) is 132 Å². The van der Waals surface area contributed by atoms with Crippen molar-refractivity contribution in [2.45, 2.75) is 6.04 Å². The number of non-ortho nitro benzene ring substituents is 2. The molecule has 0 spiro atoms. The Morgan fingerprint density at radius 1 is 0.667 bits per heavy atom.